The topological polar surface area (TPSA) is 28.4 Å². The van der Waals surface area contributed by atoms with E-state index in [0.717, 1.165) is 12.3 Å². The van der Waals surface area contributed by atoms with E-state index in [1.807, 2.05) is 19.9 Å². The largest absolute Gasteiger partial charge is 0.464 e. The zero-order valence-electron chi connectivity index (χ0n) is 12.5. The summed E-state index contributed by atoms with van der Waals surface area (Å²) >= 11 is 0. The van der Waals surface area contributed by atoms with E-state index in [0.29, 0.717) is 24.4 Å². The average molecular weight is 294 g/mol. The normalized spacial score (nSPS) is 10.9. The van der Waals surface area contributed by atoms with Gasteiger partial charge in [-0.1, -0.05) is 6.92 Å². The van der Waals surface area contributed by atoms with Gasteiger partial charge in [0.1, 0.15) is 28.8 Å². The lowest BCUT2D eigenvalue weighted by Crippen LogP contribution is -2.20. The highest BCUT2D eigenvalue weighted by Gasteiger charge is 2.16. The van der Waals surface area contributed by atoms with Crippen molar-refractivity contribution < 1.29 is 13.2 Å². The quantitative estimate of drug-likeness (QED) is 0.882. The molecule has 0 saturated heterocycles. The van der Waals surface area contributed by atoms with E-state index in [1.165, 1.54) is 17.0 Å². The Balaban J connectivity index is 2.18. The van der Waals surface area contributed by atoms with Crippen LogP contribution in [0, 0.1) is 18.6 Å². The van der Waals surface area contributed by atoms with Crippen LogP contribution in [0.5, 0.6) is 0 Å². The van der Waals surface area contributed by atoms with Crippen LogP contribution < -0.4 is 10.2 Å². The van der Waals surface area contributed by atoms with Crippen LogP contribution in [-0.4, -0.2) is 13.6 Å². The van der Waals surface area contributed by atoms with Gasteiger partial charge in [-0.15, -0.1) is 0 Å². The van der Waals surface area contributed by atoms with Crippen molar-refractivity contribution in [2.45, 2.75) is 26.9 Å². The van der Waals surface area contributed by atoms with Gasteiger partial charge in [-0.2, -0.15) is 0 Å². The maximum absolute atomic E-state index is 14.2. The van der Waals surface area contributed by atoms with Gasteiger partial charge >= 0.3 is 0 Å². The maximum atomic E-state index is 14.2. The SMILES string of the molecule is CCNCc1cc(F)c(N(C)Cc2ccc(C)o2)c(F)c1. The summed E-state index contributed by atoms with van der Waals surface area (Å²) in [4.78, 5) is 1.51. The first-order valence-corrected chi connectivity index (χ1v) is 6.96. The van der Waals surface area contributed by atoms with Crippen molar-refractivity contribution >= 4 is 5.69 Å². The van der Waals surface area contributed by atoms with Gasteiger partial charge in [0.15, 0.2) is 0 Å². The Kier molecular flexibility index (Phi) is 4.96. The molecule has 0 bridgehead atoms. The van der Waals surface area contributed by atoms with Crippen molar-refractivity contribution in [3.8, 4) is 0 Å². The number of benzene rings is 1. The molecule has 2 rings (SSSR count). The Morgan fingerprint density at radius 3 is 2.38 bits per heavy atom. The van der Waals surface area contributed by atoms with Crippen molar-refractivity contribution in [3.05, 3.63) is 53.0 Å². The van der Waals surface area contributed by atoms with Gasteiger partial charge in [0, 0.05) is 13.6 Å². The zero-order valence-corrected chi connectivity index (χ0v) is 12.5. The predicted molar refractivity (Wildman–Crippen MR) is 79.3 cm³/mol. The minimum absolute atomic E-state index is 0.0377. The lowest BCUT2D eigenvalue weighted by Gasteiger charge is -2.20. The van der Waals surface area contributed by atoms with Gasteiger partial charge in [0.2, 0.25) is 0 Å². The number of nitrogens with zero attached hydrogens (tertiary/aromatic N) is 1. The van der Waals surface area contributed by atoms with Crippen molar-refractivity contribution in [1.82, 2.24) is 5.32 Å². The molecule has 0 radical (unpaired) electrons. The van der Waals surface area contributed by atoms with Gasteiger partial charge in [-0.3, -0.25) is 0 Å². The molecule has 21 heavy (non-hydrogen) atoms. The fraction of sp³-hybridized carbons (Fsp3) is 0.375. The lowest BCUT2D eigenvalue weighted by molar-refractivity contribution is 0.478. The number of hydrogen-bond donors (Lipinski definition) is 1. The van der Waals surface area contributed by atoms with Crippen LogP contribution >= 0.6 is 0 Å². The minimum Gasteiger partial charge on any atom is -0.464 e. The molecule has 0 atom stereocenters. The number of anilines is 1. The van der Waals surface area contributed by atoms with Crippen molar-refractivity contribution in [1.29, 1.82) is 0 Å². The van der Waals surface area contributed by atoms with Crippen LogP contribution in [0.25, 0.3) is 0 Å². The Bertz CT molecular complexity index is 587. The Morgan fingerprint density at radius 2 is 1.86 bits per heavy atom. The second kappa shape index (κ2) is 6.72. The highest BCUT2D eigenvalue weighted by atomic mass is 19.1. The van der Waals surface area contributed by atoms with Gasteiger partial charge in [-0.25, -0.2) is 8.78 Å². The standard InChI is InChI=1S/C16H20F2N2O/c1-4-19-9-12-7-14(17)16(15(18)8-12)20(3)10-13-6-5-11(2)21-13/h5-8,19H,4,9-10H2,1-3H3. The molecule has 0 spiro atoms. The van der Waals surface area contributed by atoms with E-state index in [-0.39, 0.29) is 5.69 Å². The molecule has 2 aromatic rings. The number of halogens is 2. The molecule has 0 unspecified atom stereocenters. The predicted octanol–water partition coefficient (Wildman–Crippen LogP) is 3.61. The summed E-state index contributed by atoms with van der Waals surface area (Å²) in [7, 11) is 1.64. The number of furan rings is 1. The highest BCUT2D eigenvalue weighted by molar-refractivity contribution is 5.50. The second-order valence-corrected chi connectivity index (χ2v) is 5.06. The Morgan fingerprint density at radius 1 is 1.19 bits per heavy atom. The number of nitrogens with one attached hydrogen (secondary N) is 1. The minimum atomic E-state index is -0.561. The van der Waals surface area contributed by atoms with Crippen LogP contribution in [0.4, 0.5) is 14.5 Å². The first kappa shape index (κ1) is 15.5. The Hall–Kier alpha value is -1.88. The number of hydrogen-bond acceptors (Lipinski definition) is 3. The van der Waals surface area contributed by atoms with Crippen molar-refractivity contribution in [3.63, 3.8) is 0 Å². The Labute approximate surface area is 123 Å². The van der Waals surface area contributed by atoms with E-state index in [2.05, 4.69) is 5.32 Å². The average Bonchev–Trinajstić information content (AvgIpc) is 2.81. The van der Waals surface area contributed by atoms with E-state index in [9.17, 15) is 8.78 Å². The molecule has 3 nitrogen and oxygen atoms in total. The first-order valence-electron chi connectivity index (χ1n) is 6.96. The summed E-state index contributed by atoms with van der Waals surface area (Å²) in [5.74, 6) is 0.327. The summed E-state index contributed by atoms with van der Waals surface area (Å²) in [6.07, 6.45) is 0. The summed E-state index contributed by atoms with van der Waals surface area (Å²) < 4.78 is 33.7. The molecule has 1 aromatic carbocycles. The maximum Gasteiger partial charge on any atom is 0.149 e. The van der Waals surface area contributed by atoms with Gasteiger partial charge in [0.25, 0.3) is 0 Å². The smallest absolute Gasteiger partial charge is 0.149 e. The lowest BCUT2D eigenvalue weighted by atomic mass is 10.1. The van der Waals surface area contributed by atoms with E-state index in [1.54, 1.807) is 13.1 Å². The molecule has 0 aliphatic carbocycles. The summed E-state index contributed by atoms with van der Waals surface area (Å²) in [5.41, 5.74) is 0.558. The summed E-state index contributed by atoms with van der Waals surface area (Å²) in [6.45, 7) is 5.29. The van der Waals surface area contributed by atoms with Gasteiger partial charge in [-0.05, 0) is 43.3 Å². The second-order valence-electron chi connectivity index (χ2n) is 5.06. The van der Waals surface area contributed by atoms with E-state index < -0.39 is 11.6 Å². The molecule has 1 aromatic heterocycles. The fourth-order valence-electron chi connectivity index (χ4n) is 2.24. The molecule has 1 heterocycles. The third kappa shape index (κ3) is 3.82. The molecule has 5 heteroatoms. The van der Waals surface area contributed by atoms with Gasteiger partial charge < -0.3 is 14.6 Å². The van der Waals surface area contributed by atoms with Crippen molar-refractivity contribution in [2.75, 3.05) is 18.5 Å². The number of aryl methyl sites for hydroxylation is 1. The van der Waals surface area contributed by atoms with Gasteiger partial charge in [0.05, 0.1) is 6.54 Å². The molecule has 0 amide bonds. The van der Waals surface area contributed by atoms with Crippen LogP contribution in [-0.2, 0) is 13.1 Å². The molecule has 0 aliphatic rings. The summed E-state index contributed by atoms with van der Waals surface area (Å²) in [6, 6.07) is 6.37. The molecule has 1 N–H and O–H groups in total. The highest BCUT2D eigenvalue weighted by Crippen LogP contribution is 2.25. The number of rotatable bonds is 6. The first-order chi connectivity index (χ1) is 10.0. The third-order valence-corrected chi connectivity index (χ3v) is 3.23. The third-order valence-electron chi connectivity index (χ3n) is 3.23. The zero-order chi connectivity index (χ0) is 15.4. The fourth-order valence-corrected chi connectivity index (χ4v) is 2.24. The van der Waals surface area contributed by atoms with Crippen LogP contribution in [0.2, 0.25) is 0 Å². The molecular formula is C16H20F2N2O. The summed E-state index contributed by atoms with van der Waals surface area (Å²) in [5, 5.41) is 3.05. The van der Waals surface area contributed by atoms with E-state index in [4.69, 9.17) is 4.42 Å². The monoisotopic (exact) mass is 294 g/mol. The molecule has 0 saturated carbocycles. The van der Waals surface area contributed by atoms with E-state index >= 15 is 0 Å². The molecule has 0 fully saturated rings. The van der Waals surface area contributed by atoms with Crippen molar-refractivity contribution in [2.24, 2.45) is 0 Å². The molecule has 114 valence electrons. The molecular weight excluding hydrogens is 274 g/mol. The van der Waals surface area contributed by atoms with Crippen LogP contribution in [0.3, 0.4) is 0 Å². The van der Waals surface area contributed by atoms with Crippen LogP contribution in [0.15, 0.2) is 28.7 Å². The van der Waals surface area contributed by atoms with Crippen LogP contribution in [0.1, 0.15) is 24.0 Å². The molecule has 0 aliphatic heterocycles.